The second-order valence-electron chi connectivity index (χ2n) is 6.12. The van der Waals surface area contributed by atoms with Gasteiger partial charge in [0.25, 0.3) is 0 Å². The Morgan fingerprint density at radius 3 is 2.54 bits per heavy atom. The molecular weight excluding hydrogens is 510 g/mol. The molecule has 7 nitrogen and oxygen atoms in total. The maximum absolute atomic E-state index is 12.6. The highest BCUT2D eigenvalue weighted by molar-refractivity contribution is 14.0. The van der Waals surface area contributed by atoms with Gasteiger partial charge in [0.15, 0.2) is 11.7 Å². The maximum Gasteiger partial charge on any atom is 0.434 e. The van der Waals surface area contributed by atoms with Crippen LogP contribution < -0.4 is 16.0 Å². The first-order valence-corrected chi connectivity index (χ1v) is 9.43. The van der Waals surface area contributed by atoms with Gasteiger partial charge in [0.1, 0.15) is 5.01 Å². The van der Waals surface area contributed by atoms with Gasteiger partial charge in [0.2, 0.25) is 0 Å². The molecule has 12 heteroatoms. The van der Waals surface area contributed by atoms with Gasteiger partial charge in [-0.25, -0.2) is 9.78 Å². The molecule has 1 aromatic rings. The molecule has 0 saturated heterocycles. The molecule has 0 saturated carbocycles. The van der Waals surface area contributed by atoms with Crippen molar-refractivity contribution in [1.82, 2.24) is 20.9 Å². The molecule has 1 rings (SSSR count). The van der Waals surface area contributed by atoms with E-state index in [-0.39, 0.29) is 43.2 Å². The number of nitrogens with zero attached hydrogens (tertiary/aromatic N) is 2. The van der Waals surface area contributed by atoms with Crippen molar-refractivity contribution in [3.05, 3.63) is 16.1 Å². The molecule has 1 unspecified atom stereocenters. The van der Waals surface area contributed by atoms with Gasteiger partial charge in [-0.1, -0.05) is 13.8 Å². The summed E-state index contributed by atoms with van der Waals surface area (Å²) in [5.41, 5.74) is -0.900. The lowest BCUT2D eigenvalue weighted by atomic mass is 10.0. The Bertz CT molecular complexity index is 626. The van der Waals surface area contributed by atoms with Crippen molar-refractivity contribution in [2.45, 2.75) is 46.0 Å². The second kappa shape index (κ2) is 13.0. The number of amides is 1. The van der Waals surface area contributed by atoms with Gasteiger partial charge in [-0.05, 0) is 19.3 Å². The first-order valence-electron chi connectivity index (χ1n) is 8.55. The number of guanidine groups is 1. The lowest BCUT2D eigenvalue weighted by Crippen LogP contribution is -2.47. The molecule has 1 amide bonds. The summed E-state index contributed by atoms with van der Waals surface area (Å²) in [4.78, 5) is 19.2. The molecule has 0 aliphatic rings. The van der Waals surface area contributed by atoms with Crippen LogP contribution in [0.3, 0.4) is 0 Å². The van der Waals surface area contributed by atoms with Crippen molar-refractivity contribution in [1.29, 1.82) is 0 Å². The number of hydrogen-bond donors (Lipinski definition) is 3. The maximum atomic E-state index is 12.6. The van der Waals surface area contributed by atoms with Crippen LogP contribution in [0, 0.1) is 5.92 Å². The average Bonchev–Trinajstić information content (AvgIpc) is 3.03. The van der Waals surface area contributed by atoms with Crippen LogP contribution in [-0.4, -0.2) is 43.3 Å². The average molecular weight is 537 g/mol. The number of thiazole rings is 1. The molecule has 1 heterocycles. The van der Waals surface area contributed by atoms with Crippen LogP contribution in [0.25, 0.3) is 0 Å². The van der Waals surface area contributed by atoms with Gasteiger partial charge in [-0.15, -0.1) is 35.3 Å². The van der Waals surface area contributed by atoms with E-state index in [9.17, 15) is 18.0 Å². The zero-order valence-corrected chi connectivity index (χ0v) is 19.4. The summed E-state index contributed by atoms with van der Waals surface area (Å²) < 4.78 is 42.6. The highest BCUT2D eigenvalue weighted by atomic mass is 127. The minimum Gasteiger partial charge on any atom is -0.450 e. The van der Waals surface area contributed by atoms with Gasteiger partial charge in [0, 0.05) is 25.0 Å². The summed E-state index contributed by atoms with van der Waals surface area (Å²) in [7, 11) is 1.55. The first kappa shape index (κ1) is 26.7. The number of aromatic nitrogens is 1. The molecule has 0 spiro atoms. The molecule has 0 bridgehead atoms. The molecule has 0 fully saturated rings. The number of hydrogen-bond acceptors (Lipinski definition) is 5. The minimum atomic E-state index is -4.45. The summed E-state index contributed by atoms with van der Waals surface area (Å²) in [5, 5.41) is 10.0. The number of ether oxygens (including phenoxy) is 1. The predicted molar refractivity (Wildman–Crippen MR) is 114 cm³/mol. The number of alkyl halides is 3. The summed E-state index contributed by atoms with van der Waals surface area (Å²) >= 11 is 0.926. The third kappa shape index (κ3) is 10.3. The monoisotopic (exact) mass is 537 g/mol. The SMILES string of the molecule is CCOC(=O)NC(CNC(=NC)NCc1nc(C(F)(F)F)cs1)CC(C)C.I. The van der Waals surface area contributed by atoms with E-state index in [4.69, 9.17) is 4.74 Å². The van der Waals surface area contributed by atoms with Gasteiger partial charge in [-0.3, -0.25) is 4.99 Å². The van der Waals surface area contributed by atoms with Crippen molar-refractivity contribution < 1.29 is 22.7 Å². The van der Waals surface area contributed by atoms with Crippen LogP contribution in [0.5, 0.6) is 0 Å². The first-order chi connectivity index (χ1) is 12.7. The van der Waals surface area contributed by atoms with Crippen molar-refractivity contribution in [3.63, 3.8) is 0 Å². The van der Waals surface area contributed by atoms with E-state index in [0.29, 0.717) is 23.4 Å². The number of aliphatic imine (C=N–C) groups is 1. The van der Waals surface area contributed by atoms with Crippen LogP contribution in [0.1, 0.15) is 37.9 Å². The van der Waals surface area contributed by atoms with E-state index in [1.54, 1.807) is 14.0 Å². The number of halogens is 4. The number of alkyl carbamates (subject to hydrolysis) is 1. The highest BCUT2D eigenvalue weighted by Gasteiger charge is 2.33. The number of carbonyl (C=O) groups is 1. The lowest BCUT2D eigenvalue weighted by molar-refractivity contribution is -0.140. The van der Waals surface area contributed by atoms with Gasteiger partial charge in [0.05, 0.1) is 13.2 Å². The van der Waals surface area contributed by atoms with Crippen molar-refractivity contribution in [2.75, 3.05) is 20.2 Å². The third-order valence-electron chi connectivity index (χ3n) is 3.34. The quantitative estimate of drug-likeness (QED) is 0.268. The molecule has 0 radical (unpaired) electrons. The Kier molecular flexibility index (Phi) is 12.4. The fourth-order valence-corrected chi connectivity index (χ4v) is 2.96. The molecule has 0 aliphatic carbocycles. The van der Waals surface area contributed by atoms with E-state index in [1.807, 2.05) is 13.8 Å². The van der Waals surface area contributed by atoms with E-state index >= 15 is 0 Å². The number of rotatable bonds is 8. The van der Waals surface area contributed by atoms with Crippen molar-refractivity contribution in [3.8, 4) is 0 Å². The van der Waals surface area contributed by atoms with Gasteiger partial charge < -0.3 is 20.7 Å². The molecule has 3 N–H and O–H groups in total. The lowest BCUT2D eigenvalue weighted by Gasteiger charge is -2.22. The van der Waals surface area contributed by atoms with Crippen LogP contribution >= 0.6 is 35.3 Å². The fraction of sp³-hybridized carbons (Fsp3) is 0.688. The smallest absolute Gasteiger partial charge is 0.434 e. The Morgan fingerprint density at radius 1 is 1.36 bits per heavy atom. The molecule has 162 valence electrons. The molecule has 28 heavy (non-hydrogen) atoms. The molecule has 1 aromatic heterocycles. The van der Waals surface area contributed by atoms with Gasteiger partial charge >= 0.3 is 12.3 Å². The Hall–Kier alpha value is -1.31. The largest absolute Gasteiger partial charge is 0.450 e. The number of nitrogens with one attached hydrogen (secondary N) is 3. The van der Waals surface area contributed by atoms with Crippen LogP contribution in [0.4, 0.5) is 18.0 Å². The van der Waals surface area contributed by atoms with Crippen molar-refractivity contribution >= 4 is 47.4 Å². The third-order valence-corrected chi connectivity index (χ3v) is 4.19. The zero-order chi connectivity index (χ0) is 20.4. The molecular formula is C16H27F3IN5O2S. The summed E-state index contributed by atoms with van der Waals surface area (Å²) in [5.74, 6) is 0.753. The number of carbonyl (C=O) groups excluding carboxylic acids is 1. The Morgan fingerprint density at radius 2 is 2.04 bits per heavy atom. The molecule has 0 aromatic carbocycles. The van der Waals surface area contributed by atoms with E-state index in [1.165, 1.54) is 0 Å². The van der Waals surface area contributed by atoms with E-state index < -0.39 is 18.0 Å². The Balaban J connectivity index is 0.00000729. The normalized spacial score (nSPS) is 12.9. The van der Waals surface area contributed by atoms with Crippen molar-refractivity contribution in [2.24, 2.45) is 10.9 Å². The summed E-state index contributed by atoms with van der Waals surface area (Å²) in [6.07, 6.45) is -4.21. The standard InChI is InChI=1S/C16H26F3N5O2S.HI/c1-5-26-15(25)23-11(6-10(2)3)7-21-14(20-4)22-8-13-24-12(9-27-13)16(17,18)19;/h9-11H,5-8H2,1-4H3,(H,23,25)(H2,20,21,22);1H. The van der Waals surface area contributed by atoms with Gasteiger partial charge in [-0.2, -0.15) is 13.2 Å². The van der Waals surface area contributed by atoms with E-state index in [2.05, 4.69) is 25.9 Å². The molecule has 0 aliphatic heterocycles. The Labute approximate surface area is 183 Å². The second-order valence-corrected chi connectivity index (χ2v) is 7.06. The van der Waals surface area contributed by atoms with Crippen LogP contribution in [0.2, 0.25) is 0 Å². The van der Waals surface area contributed by atoms with Crippen LogP contribution in [-0.2, 0) is 17.5 Å². The fourth-order valence-electron chi connectivity index (χ4n) is 2.22. The summed E-state index contributed by atoms with van der Waals surface area (Å²) in [6, 6.07) is -0.181. The molecule has 1 atom stereocenters. The predicted octanol–water partition coefficient (Wildman–Crippen LogP) is 3.61. The highest BCUT2D eigenvalue weighted by Crippen LogP contribution is 2.29. The van der Waals surface area contributed by atoms with Crippen LogP contribution in [0.15, 0.2) is 10.4 Å². The zero-order valence-electron chi connectivity index (χ0n) is 16.2. The summed E-state index contributed by atoms with van der Waals surface area (Å²) in [6.45, 7) is 6.58. The minimum absolute atomic E-state index is 0. The topological polar surface area (TPSA) is 87.6 Å². The van der Waals surface area contributed by atoms with E-state index in [0.717, 1.165) is 23.1 Å².